The van der Waals surface area contributed by atoms with Crippen molar-refractivity contribution in [1.29, 1.82) is 0 Å². The lowest BCUT2D eigenvalue weighted by Crippen LogP contribution is -2.43. The van der Waals surface area contributed by atoms with Gasteiger partial charge in [-0.15, -0.1) is 11.3 Å². The van der Waals surface area contributed by atoms with E-state index in [4.69, 9.17) is 0 Å². The van der Waals surface area contributed by atoms with Gasteiger partial charge in [0.1, 0.15) is 6.04 Å². The SMILES string of the molecule is CC(Nc1ccc(Cc2nc3ccccc3s2)cc1)C(=O)N1CCNC1=O. The molecular formula is C20H20N4O2S. The predicted octanol–water partition coefficient (Wildman–Crippen LogP) is 3.24. The highest BCUT2D eigenvalue weighted by molar-refractivity contribution is 7.18. The number of fused-ring (bicyclic) bond motifs is 1. The van der Waals surface area contributed by atoms with Crippen molar-refractivity contribution in [1.82, 2.24) is 15.2 Å². The number of hydrogen-bond acceptors (Lipinski definition) is 5. The highest BCUT2D eigenvalue weighted by atomic mass is 32.1. The van der Waals surface area contributed by atoms with Crippen molar-refractivity contribution in [3.8, 4) is 0 Å². The normalized spacial score (nSPS) is 15.0. The lowest BCUT2D eigenvalue weighted by Gasteiger charge is -2.19. The molecule has 1 aromatic heterocycles. The number of carbonyl (C=O) groups excluding carboxylic acids is 2. The van der Waals surface area contributed by atoms with Crippen LogP contribution in [0, 0.1) is 0 Å². The topological polar surface area (TPSA) is 74.3 Å². The molecule has 1 atom stereocenters. The molecule has 2 heterocycles. The van der Waals surface area contributed by atoms with E-state index in [0.717, 1.165) is 28.2 Å². The monoisotopic (exact) mass is 380 g/mol. The van der Waals surface area contributed by atoms with Crippen molar-refractivity contribution in [2.75, 3.05) is 18.4 Å². The molecule has 0 bridgehead atoms. The van der Waals surface area contributed by atoms with E-state index in [1.165, 1.54) is 9.60 Å². The van der Waals surface area contributed by atoms with Gasteiger partial charge in [0, 0.05) is 25.2 Å². The molecule has 1 aliphatic heterocycles. The van der Waals surface area contributed by atoms with E-state index in [0.29, 0.717) is 13.1 Å². The number of anilines is 1. The van der Waals surface area contributed by atoms with E-state index in [-0.39, 0.29) is 11.9 Å². The molecule has 7 heteroatoms. The minimum absolute atomic E-state index is 0.219. The van der Waals surface area contributed by atoms with Gasteiger partial charge >= 0.3 is 6.03 Å². The largest absolute Gasteiger partial charge is 0.374 e. The molecule has 138 valence electrons. The van der Waals surface area contributed by atoms with E-state index >= 15 is 0 Å². The fourth-order valence-corrected chi connectivity index (χ4v) is 4.12. The van der Waals surface area contributed by atoms with Crippen LogP contribution >= 0.6 is 11.3 Å². The Morgan fingerprint density at radius 2 is 2.04 bits per heavy atom. The van der Waals surface area contributed by atoms with Crippen molar-refractivity contribution in [2.24, 2.45) is 0 Å². The number of imide groups is 1. The van der Waals surface area contributed by atoms with Crippen molar-refractivity contribution in [3.05, 3.63) is 59.1 Å². The van der Waals surface area contributed by atoms with Gasteiger partial charge in [-0.1, -0.05) is 24.3 Å². The number of nitrogens with zero attached hydrogens (tertiary/aromatic N) is 2. The summed E-state index contributed by atoms with van der Waals surface area (Å²) in [4.78, 5) is 29.9. The summed E-state index contributed by atoms with van der Waals surface area (Å²) >= 11 is 1.71. The van der Waals surface area contributed by atoms with Crippen molar-refractivity contribution >= 4 is 39.2 Å². The van der Waals surface area contributed by atoms with Crippen LogP contribution in [0.15, 0.2) is 48.5 Å². The fraction of sp³-hybridized carbons (Fsp3) is 0.250. The number of rotatable bonds is 5. The molecule has 0 saturated carbocycles. The molecule has 0 aliphatic carbocycles. The molecule has 2 aromatic carbocycles. The molecule has 1 unspecified atom stereocenters. The van der Waals surface area contributed by atoms with Crippen LogP contribution < -0.4 is 10.6 Å². The fourth-order valence-electron chi connectivity index (χ4n) is 3.12. The van der Waals surface area contributed by atoms with Crippen LogP contribution in [0.3, 0.4) is 0 Å². The molecule has 0 spiro atoms. The van der Waals surface area contributed by atoms with Gasteiger partial charge in [-0.05, 0) is 36.8 Å². The quantitative estimate of drug-likeness (QED) is 0.713. The second kappa shape index (κ2) is 7.36. The number of benzene rings is 2. The summed E-state index contributed by atoms with van der Waals surface area (Å²) in [6.07, 6.45) is 0.780. The van der Waals surface area contributed by atoms with Crippen LogP contribution in [0.4, 0.5) is 10.5 Å². The zero-order chi connectivity index (χ0) is 18.8. The number of aromatic nitrogens is 1. The first-order chi connectivity index (χ1) is 13.1. The van der Waals surface area contributed by atoms with E-state index < -0.39 is 6.04 Å². The maximum atomic E-state index is 12.3. The molecule has 3 aromatic rings. The van der Waals surface area contributed by atoms with Crippen LogP contribution in [-0.4, -0.2) is 41.0 Å². The van der Waals surface area contributed by atoms with Crippen molar-refractivity contribution in [2.45, 2.75) is 19.4 Å². The minimum Gasteiger partial charge on any atom is -0.374 e. The molecular weight excluding hydrogens is 360 g/mol. The van der Waals surface area contributed by atoms with Crippen LogP contribution in [0.25, 0.3) is 10.2 Å². The maximum Gasteiger partial charge on any atom is 0.324 e. The summed E-state index contributed by atoms with van der Waals surface area (Å²) in [5, 5.41) is 6.89. The third kappa shape index (κ3) is 3.78. The number of para-hydroxylation sites is 1. The number of urea groups is 1. The average molecular weight is 380 g/mol. The smallest absolute Gasteiger partial charge is 0.324 e. The number of carbonyl (C=O) groups is 2. The van der Waals surface area contributed by atoms with Crippen molar-refractivity contribution in [3.63, 3.8) is 0 Å². The molecule has 1 aliphatic rings. The highest BCUT2D eigenvalue weighted by Gasteiger charge is 2.29. The Balaban J connectivity index is 1.39. The van der Waals surface area contributed by atoms with Crippen molar-refractivity contribution < 1.29 is 9.59 Å². The molecule has 3 amide bonds. The molecule has 4 rings (SSSR count). The van der Waals surface area contributed by atoms with Gasteiger partial charge in [0.2, 0.25) is 0 Å². The van der Waals surface area contributed by atoms with Gasteiger partial charge in [-0.3, -0.25) is 9.69 Å². The van der Waals surface area contributed by atoms with Crippen LogP contribution in [0.2, 0.25) is 0 Å². The second-order valence-electron chi connectivity index (χ2n) is 6.54. The second-order valence-corrected chi connectivity index (χ2v) is 7.65. The van der Waals surface area contributed by atoms with Gasteiger partial charge in [-0.2, -0.15) is 0 Å². The van der Waals surface area contributed by atoms with Crippen LogP contribution in [0.1, 0.15) is 17.5 Å². The number of amides is 3. The maximum absolute atomic E-state index is 12.3. The summed E-state index contributed by atoms with van der Waals surface area (Å²) in [7, 11) is 0. The lowest BCUT2D eigenvalue weighted by atomic mass is 10.1. The van der Waals surface area contributed by atoms with E-state index in [1.807, 2.05) is 42.5 Å². The van der Waals surface area contributed by atoms with Crippen LogP contribution in [0.5, 0.6) is 0 Å². The first kappa shape index (κ1) is 17.5. The lowest BCUT2D eigenvalue weighted by molar-refractivity contribution is -0.128. The minimum atomic E-state index is -0.469. The van der Waals surface area contributed by atoms with Crippen LogP contribution in [-0.2, 0) is 11.2 Å². The zero-order valence-corrected chi connectivity index (χ0v) is 15.8. The predicted molar refractivity (Wildman–Crippen MR) is 107 cm³/mol. The van der Waals surface area contributed by atoms with E-state index in [9.17, 15) is 9.59 Å². The Kier molecular flexibility index (Phi) is 4.77. The Morgan fingerprint density at radius 1 is 1.26 bits per heavy atom. The summed E-state index contributed by atoms with van der Waals surface area (Å²) in [6, 6.07) is 15.3. The Bertz CT molecular complexity index is 950. The summed E-state index contributed by atoms with van der Waals surface area (Å²) in [5.41, 5.74) is 3.05. The summed E-state index contributed by atoms with van der Waals surface area (Å²) < 4.78 is 1.20. The summed E-state index contributed by atoms with van der Waals surface area (Å²) in [6.45, 7) is 2.70. The first-order valence-electron chi connectivity index (χ1n) is 8.89. The molecule has 1 fully saturated rings. The zero-order valence-electron chi connectivity index (χ0n) is 14.9. The molecule has 1 saturated heterocycles. The van der Waals surface area contributed by atoms with Gasteiger partial charge in [0.15, 0.2) is 0 Å². The first-order valence-corrected chi connectivity index (χ1v) is 9.71. The molecule has 6 nitrogen and oxygen atoms in total. The third-order valence-corrected chi connectivity index (χ3v) is 5.56. The average Bonchev–Trinajstić information content (AvgIpc) is 3.28. The van der Waals surface area contributed by atoms with E-state index in [1.54, 1.807) is 18.3 Å². The number of hydrogen-bond donors (Lipinski definition) is 2. The standard InChI is InChI=1S/C20H20N4O2S/c1-13(19(25)24-11-10-21-20(24)26)22-15-8-6-14(7-9-15)12-18-23-16-4-2-3-5-17(16)27-18/h2-9,13,22H,10-12H2,1H3,(H,21,26). The highest BCUT2D eigenvalue weighted by Crippen LogP contribution is 2.24. The third-order valence-electron chi connectivity index (χ3n) is 4.52. The molecule has 0 radical (unpaired) electrons. The summed E-state index contributed by atoms with van der Waals surface area (Å²) in [5.74, 6) is -0.219. The van der Waals surface area contributed by atoms with Gasteiger partial charge in [0.25, 0.3) is 5.91 Å². The molecule has 27 heavy (non-hydrogen) atoms. The van der Waals surface area contributed by atoms with Gasteiger partial charge < -0.3 is 10.6 Å². The molecule has 2 N–H and O–H groups in total. The Hall–Kier alpha value is -2.93. The van der Waals surface area contributed by atoms with Gasteiger partial charge in [0.05, 0.1) is 15.2 Å². The number of thiazole rings is 1. The van der Waals surface area contributed by atoms with E-state index in [2.05, 4.69) is 21.7 Å². The number of nitrogens with one attached hydrogen (secondary N) is 2. The van der Waals surface area contributed by atoms with Gasteiger partial charge in [-0.25, -0.2) is 9.78 Å². The Morgan fingerprint density at radius 3 is 2.74 bits per heavy atom. The Labute approximate surface area is 161 Å².